The molecule has 0 spiro atoms. The zero-order valence-corrected chi connectivity index (χ0v) is 7.77. The fourth-order valence-corrected chi connectivity index (χ4v) is 1.30. The molecule has 3 nitrogen and oxygen atoms in total. The first kappa shape index (κ1) is 10.4. The molecule has 0 fully saturated rings. The molecule has 0 bridgehead atoms. The van der Waals surface area contributed by atoms with Crippen molar-refractivity contribution in [1.29, 1.82) is 0 Å². The first-order valence-corrected chi connectivity index (χ1v) is 4.45. The van der Waals surface area contributed by atoms with Crippen LogP contribution in [0, 0.1) is 0 Å². The van der Waals surface area contributed by atoms with Crippen LogP contribution < -0.4 is 0 Å². The van der Waals surface area contributed by atoms with Crippen LogP contribution in [-0.2, 0) is 22.4 Å². The predicted molar refractivity (Wildman–Crippen MR) is 52.2 cm³/mol. The van der Waals surface area contributed by atoms with Gasteiger partial charge in [-0.2, -0.15) is 0 Å². The predicted octanol–water partition coefficient (Wildman–Crippen LogP) is 1.45. The highest BCUT2D eigenvalue weighted by molar-refractivity contribution is 5.70. The quantitative estimate of drug-likeness (QED) is 0.718. The average Bonchev–Trinajstić information content (AvgIpc) is 2.14. The second-order valence-corrected chi connectivity index (χ2v) is 3.10. The molecule has 0 aliphatic carbocycles. The maximum absolute atomic E-state index is 10.4. The Morgan fingerprint density at radius 1 is 1.36 bits per heavy atom. The lowest BCUT2D eigenvalue weighted by molar-refractivity contribution is -0.136. The Kier molecular flexibility index (Phi) is 3.85. The molecule has 0 saturated carbocycles. The Hall–Kier alpha value is -1.64. The number of carboxylic acids is 1. The van der Waals surface area contributed by atoms with E-state index in [0.717, 1.165) is 17.4 Å². The summed E-state index contributed by atoms with van der Waals surface area (Å²) in [6.45, 7) is 0. The second-order valence-electron chi connectivity index (χ2n) is 3.10. The lowest BCUT2D eigenvalue weighted by Crippen LogP contribution is -2.00. The van der Waals surface area contributed by atoms with Crippen molar-refractivity contribution >= 4 is 12.3 Å². The van der Waals surface area contributed by atoms with Gasteiger partial charge in [-0.25, -0.2) is 0 Å². The van der Waals surface area contributed by atoms with Crippen molar-refractivity contribution in [2.75, 3.05) is 0 Å². The molecular formula is C11H12O3. The molecule has 0 atom stereocenters. The summed E-state index contributed by atoms with van der Waals surface area (Å²) in [5.74, 6) is -0.836. The van der Waals surface area contributed by atoms with Gasteiger partial charge in [0.2, 0.25) is 0 Å². The molecule has 14 heavy (non-hydrogen) atoms. The molecule has 0 aliphatic rings. The van der Waals surface area contributed by atoms with E-state index in [1.54, 1.807) is 6.07 Å². The molecule has 0 unspecified atom stereocenters. The van der Waals surface area contributed by atoms with E-state index < -0.39 is 5.97 Å². The Morgan fingerprint density at radius 3 is 2.71 bits per heavy atom. The number of carbonyl (C=O) groups is 2. The van der Waals surface area contributed by atoms with Crippen molar-refractivity contribution in [3.05, 3.63) is 35.4 Å². The van der Waals surface area contributed by atoms with Crippen LogP contribution in [-0.4, -0.2) is 17.4 Å². The number of aldehydes is 1. The normalized spacial score (nSPS) is 9.71. The van der Waals surface area contributed by atoms with Crippen LogP contribution in [0.15, 0.2) is 24.3 Å². The van der Waals surface area contributed by atoms with Crippen LogP contribution >= 0.6 is 0 Å². The lowest BCUT2D eigenvalue weighted by atomic mass is 10.1. The number of carbonyl (C=O) groups excluding carboxylic acids is 1. The number of aliphatic carboxylic acids is 1. The third kappa shape index (κ3) is 3.39. The highest BCUT2D eigenvalue weighted by Crippen LogP contribution is 2.07. The highest BCUT2D eigenvalue weighted by Gasteiger charge is 2.00. The zero-order chi connectivity index (χ0) is 10.4. The number of rotatable bonds is 5. The SMILES string of the molecule is O=CCCc1cccc(CC(=O)O)c1. The van der Waals surface area contributed by atoms with Gasteiger partial charge < -0.3 is 9.90 Å². The number of hydrogen-bond acceptors (Lipinski definition) is 2. The van der Waals surface area contributed by atoms with E-state index in [1.807, 2.05) is 18.2 Å². The zero-order valence-electron chi connectivity index (χ0n) is 7.77. The van der Waals surface area contributed by atoms with Gasteiger partial charge in [0.05, 0.1) is 6.42 Å². The van der Waals surface area contributed by atoms with E-state index in [2.05, 4.69) is 0 Å². The minimum absolute atomic E-state index is 0.0366. The maximum Gasteiger partial charge on any atom is 0.307 e. The van der Waals surface area contributed by atoms with Crippen molar-refractivity contribution < 1.29 is 14.7 Å². The number of hydrogen-bond donors (Lipinski definition) is 1. The lowest BCUT2D eigenvalue weighted by Gasteiger charge is -2.01. The van der Waals surface area contributed by atoms with E-state index in [-0.39, 0.29) is 6.42 Å². The highest BCUT2D eigenvalue weighted by atomic mass is 16.4. The Balaban J connectivity index is 2.68. The van der Waals surface area contributed by atoms with E-state index in [9.17, 15) is 9.59 Å². The van der Waals surface area contributed by atoms with Crippen molar-refractivity contribution in [2.45, 2.75) is 19.3 Å². The van der Waals surface area contributed by atoms with Crippen molar-refractivity contribution in [2.24, 2.45) is 0 Å². The van der Waals surface area contributed by atoms with Gasteiger partial charge in [-0.1, -0.05) is 24.3 Å². The van der Waals surface area contributed by atoms with Gasteiger partial charge in [0.15, 0.2) is 0 Å². The van der Waals surface area contributed by atoms with Crippen molar-refractivity contribution in [1.82, 2.24) is 0 Å². The summed E-state index contributed by atoms with van der Waals surface area (Å²) in [6, 6.07) is 7.32. The summed E-state index contributed by atoms with van der Waals surface area (Å²) in [6.07, 6.45) is 2.06. The molecule has 1 rings (SSSR count). The van der Waals surface area contributed by atoms with Gasteiger partial charge in [0.1, 0.15) is 6.29 Å². The monoisotopic (exact) mass is 192 g/mol. The molecule has 0 heterocycles. The first-order valence-electron chi connectivity index (χ1n) is 4.45. The molecule has 0 saturated heterocycles. The molecule has 0 amide bonds. The molecule has 1 aromatic carbocycles. The average molecular weight is 192 g/mol. The van der Waals surface area contributed by atoms with Gasteiger partial charge in [0, 0.05) is 6.42 Å². The molecule has 1 aromatic rings. The standard InChI is InChI=1S/C11H12O3/c12-6-2-5-9-3-1-4-10(7-9)8-11(13)14/h1,3-4,6-7H,2,5,8H2,(H,13,14). The summed E-state index contributed by atoms with van der Waals surface area (Å²) in [4.78, 5) is 20.6. The third-order valence-electron chi connectivity index (χ3n) is 1.90. The molecule has 1 N–H and O–H groups in total. The second kappa shape index (κ2) is 5.17. The van der Waals surface area contributed by atoms with Crippen LogP contribution in [0.4, 0.5) is 0 Å². The molecule has 0 aliphatic heterocycles. The largest absolute Gasteiger partial charge is 0.481 e. The number of benzene rings is 1. The summed E-state index contributed by atoms with van der Waals surface area (Å²) in [5, 5.41) is 8.58. The van der Waals surface area contributed by atoms with Crippen LogP contribution in [0.2, 0.25) is 0 Å². The van der Waals surface area contributed by atoms with Crippen LogP contribution in [0.3, 0.4) is 0 Å². The molecule has 3 heteroatoms. The van der Waals surface area contributed by atoms with Gasteiger partial charge in [-0.15, -0.1) is 0 Å². The number of aryl methyl sites for hydroxylation is 1. The molecular weight excluding hydrogens is 180 g/mol. The van der Waals surface area contributed by atoms with E-state index in [1.165, 1.54) is 0 Å². The minimum Gasteiger partial charge on any atom is -0.481 e. The molecule has 0 aromatic heterocycles. The Morgan fingerprint density at radius 2 is 2.07 bits per heavy atom. The Bertz CT molecular complexity index is 331. The summed E-state index contributed by atoms with van der Waals surface area (Å²) < 4.78 is 0. The smallest absolute Gasteiger partial charge is 0.307 e. The topological polar surface area (TPSA) is 54.4 Å². The van der Waals surface area contributed by atoms with Crippen molar-refractivity contribution in [3.8, 4) is 0 Å². The molecule has 0 radical (unpaired) electrons. The van der Waals surface area contributed by atoms with Crippen LogP contribution in [0.25, 0.3) is 0 Å². The third-order valence-corrected chi connectivity index (χ3v) is 1.90. The van der Waals surface area contributed by atoms with E-state index in [4.69, 9.17) is 5.11 Å². The van der Waals surface area contributed by atoms with Gasteiger partial charge in [-0.3, -0.25) is 4.79 Å². The summed E-state index contributed by atoms with van der Waals surface area (Å²) in [5.41, 5.74) is 1.79. The Labute approximate surface area is 82.4 Å². The minimum atomic E-state index is -0.836. The van der Waals surface area contributed by atoms with E-state index in [0.29, 0.717) is 12.8 Å². The fourth-order valence-electron chi connectivity index (χ4n) is 1.30. The van der Waals surface area contributed by atoms with Crippen LogP contribution in [0.1, 0.15) is 17.5 Å². The maximum atomic E-state index is 10.4. The van der Waals surface area contributed by atoms with Gasteiger partial charge in [0.25, 0.3) is 0 Å². The summed E-state index contributed by atoms with van der Waals surface area (Å²) >= 11 is 0. The van der Waals surface area contributed by atoms with E-state index >= 15 is 0 Å². The first-order chi connectivity index (χ1) is 6.72. The summed E-state index contributed by atoms with van der Waals surface area (Å²) in [7, 11) is 0. The van der Waals surface area contributed by atoms with Gasteiger partial charge >= 0.3 is 5.97 Å². The number of carboxylic acid groups (broad SMARTS) is 1. The molecule has 74 valence electrons. The fraction of sp³-hybridized carbons (Fsp3) is 0.273. The van der Waals surface area contributed by atoms with Gasteiger partial charge in [-0.05, 0) is 17.5 Å². The van der Waals surface area contributed by atoms with Crippen LogP contribution in [0.5, 0.6) is 0 Å². The van der Waals surface area contributed by atoms with Crippen molar-refractivity contribution in [3.63, 3.8) is 0 Å².